The Morgan fingerprint density at radius 3 is 2.25 bits per heavy atom. The molecule has 7 heteroatoms. The van der Waals surface area contributed by atoms with E-state index in [2.05, 4.69) is 22.3 Å². The predicted molar refractivity (Wildman–Crippen MR) is 123 cm³/mol. The van der Waals surface area contributed by atoms with Crippen LogP contribution in [0.3, 0.4) is 0 Å². The molecular weight excluding hydrogens is 406 g/mol. The lowest BCUT2D eigenvalue weighted by Crippen LogP contribution is -2.52. The lowest BCUT2D eigenvalue weighted by atomic mass is 9.96. The zero-order valence-electron chi connectivity index (χ0n) is 18.2. The fourth-order valence-electron chi connectivity index (χ4n) is 4.46. The van der Waals surface area contributed by atoms with Crippen molar-refractivity contribution in [1.82, 2.24) is 10.2 Å². The van der Waals surface area contributed by atoms with Crippen molar-refractivity contribution < 1.29 is 19.4 Å². The number of piperazine rings is 1. The topological polar surface area (TPSA) is 82.1 Å². The molecule has 2 aromatic carbocycles. The van der Waals surface area contributed by atoms with Gasteiger partial charge in [0.2, 0.25) is 5.91 Å². The van der Waals surface area contributed by atoms with Gasteiger partial charge in [-0.2, -0.15) is 0 Å². The molecule has 3 atom stereocenters. The van der Waals surface area contributed by atoms with Crippen LogP contribution in [-0.2, 0) is 9.53 Å². The van der Waals surface area contributed by atoms with E-state index in [0.29, 0.717) is 37.9 Å². The molecule has 2 amide bonds. The second-order valence-electron chi connectivity index (χ2n) is 8.41. The van der Waals surface area contributed by atoms with Crippen molar-refractivity contribution in [3.63, 3.8) is 0 Å². The molecule has 2 aromatic rings. The van der Waals surface area contributed by atoms with Crippen molar-refractivity contribution in [3.05, 3.63) is 66.2 Å². The third kappa shape index (κ3) is 5.47. The average Bonchev–Trinajstić information content (AvgIpc) is 2.86. The molecule has 4 rings (SSSR count). The Kier molecular flexibility index (Phi) is 7.39. The summed E-state index contributed by atoms with van der Waals surface area (Å²) in [5, 5.41) is 12.8. The van der Waals surface area contributed by atoms with Crippen LogP contribution in [0, 0.1) is 0 Å². The number of aliphatic hydroxyl groups is 1. The van der Waals surface area contributed by atoms with E-state index >= 15 is 0 Å². The Hall–Kier alpha value is -2.90. The molecule has 0 radical (unpaired) electrons. The summed E-state index contributed by atoms with van der Waals surface area (Å²) in [4.78, 5) is 29.5. The van der Waals surface area contributed by atoms with Gasteiger partial charge in [-0.1, -0.05) is 36.4 Å². The van der Waals surface area contributed by atoms with Crippen molar-refractivity contribution in [2.24, 2.45) is 0 Å². The molecule has 2 N–H and O–H groups in total. The zero-order chi connectivity index (χ0) is 22.3. The van der Waals surface area contributed by atoms with Crippen LogP contribution >= 0.6 is 0 Å². The minimum Gasteiger partial charge on any atom is -0.394 e. The van der Waals surface area contributed by atoms with Crippen LogP contribution in [0.25, 0.3) is 0 Å². The number of carbonyl (C=O) groups excluding carboxylic acids is 2. The lowest BCUT2D eigenvalue weighted by Gasteiger charge is -2.39. The van der Waals surface area contributed by atoms with Crippen LogP contribution in [0.2, 0.25) is 0 Å². The van der Waals surface area contributed by atoms with Crippen LogP contribution in [0.5, 0.6) is 0 Å². The Balaban J connectivity index is 1.25. The number of ether oxygens (including phenoxy) is 1. The number of amides is 2. The van der Waals surface area contributed by atoms with Crippen LogP contribution < -0.4 is 10.2 Å². The predicted octanol–water partition coefficient (Wildman–Crippen LogP) is 2.06. The van der Waals surface area contributed by atoms with Gasteiger partial charge in [0.25, 0.3) is 5.91 Å². The van der Waals surface area contributed by atoms with Gasteiger partial charge in [-0.25, -0.2) is 0 Å². The zero-order valence-corrected chi connectivity index (χ0v) is 18.2. The summed E-state index contributed by atoms with van der Waals surface area (Å²) in [6, 6.07) is 19.0. The average molecular weight is 438 g/mol. The van der Waals surface area contributed by atoms with Gasteiger partial charge >= 0.3 is 0 Å². The van der Waals surface area contributed by atoms with Crippen LogP contribution in [0.4, 0.5) is 5.69 Å². The Morgan fingerprint density at radius 2 is 1.59 bits per heavy atom. The highest BCUT2D eigenvalue weighted by atomic mass is 16.5. The highest BCUT2D eigenvalue weighted by Crippen LogP contribution is 2.24. The van der Waals surface area contributed by atoms with Gasteiger partial charge in [0.15, 0.2) is 0 Å². The number of carbonyl (C=O) groups is 2. The van der Waals surface area contributed by atoms with Gasteiger partial charge in [-0.05, 0) is 37.1 Å². The van der Waals surface area contributed by atoms with Crippen LogP contribution in [-0.4, -0.2) is 72.9 Å². The number of aliphatic hydroxyl groups excluding tert-OH is 1. The first-order valence-electron chi connectivity index (χ1n) is 11.3. The van der Waals surface area contributed by atoms with E-state index in [9.17, 15) is 14.7 Å². The number of benzene rings is 2. The standard InChI is InChI=1S/C25H31N3O4/c29-18-23-22(26-25(31)19-7-3-1-4-8-19)12-11-21(32-23)17-24(30)28-15-13-27(14-16-28)20-9-5-2-6-10-20/h1-10,21-23,29H,11-18H2,(H,26,31)/t21-,22-,23+/m1/s1. The Labute approximate surface area is 189 Å². The van der Waals surface area contributed by atoms with Crippen LogP contribution in [0.1, 0.15) is 29.6 Å². The van der Waals surface area contributed by atoms with Gasteiger partial charge in [0, 0.05) is 37.4 Å². The van der Waals surface area contributed by atoms with Crippen molar-refractivity contribution in [1.29, 1.82) is 0 Å². The second kappa shape index (κ2) is 10.6. The molecule has 0 bridgehead atoms. The van der Waals surface area contributed by atoms with E-state index in [0.717, 1.165) is 13.1 Å². The first-order chi connectivity index (χ1) is 15.6. The van der Waals surface area contributed by atoms with E-state index in [1.54, 1.807) is 12.1 Å². The molecule has 0 spiro atoms. The molecule has 0 unspecified atom stereocenters. The summed E-state index contributed by atoms with van der Waals surface area (Å²) in [5.41, 5.74) is 1.76. The molecule has 0 saturated carbocycles. The number of hydrogen-bond donors (Lipinski definition) is 2. The number of nitrogens with one attached hydrogen (secondary N) is 1. The van der Waals surface area contributed by atoms with E-state index in [1.165, 1.54) is 5.69 Å². The molecule has 0 aromatic heterocycles. The molecule has 2 aliphatic rings. The second-order valence-corrected chi connectivity index (χ2v) is 8.41. The Morgan fingerprint density at radius 1 is 0.938 bits per heavy atom. The monoisotopic (exact) mass is 437 g/mol. The first-order valence-corrected chi connectivity index (χ1v) is 11.3. The molecule has 2 fully saturated rings. The van der Waals surface area contributed by atoms with E-state index < -0.39 is 6.10 Å². The van der Waals surface area contributed by atoms with Gasteiger partial charge in [-0.15, -0.1) is 0 Å². The minimum atomic E-state index is -0.510. The summed E-state index contributed by atoms with van der Waals surface area (Å²) < 4.78 is 6.01. The Bertz CT molecular complexity index is 885. The fourth-order valence-corrected chi connectivity index (χ4v) is 4.46. The largest absolute Gasteiger partial charge is 0.394 e. The van der Waals surface area contributed by atoms with Crippen molar-refractivity contribution >= 4 is 17.5 Å². The smallest absolute Gasteiger partial charge is 0.251 e. The minimum absolute atomic E-state index is 0.0890. The molecule has 0 aliphatic carbocycles. The van der Waals surface area contributed by atoms with E-state index in [-0.39, 0.29) is 30.6 Å². The summed E-state index contributed by atoms with van der Waals surface area (Å²) in [7, 11) is 0. The molecular formula is C25H31N3O4. The molecule has 2 aliphatic heterocycles. The number of hydrogen-bond acceptors (Lipinski definition) is 5. The number of para-hydroxylation sites is 1. The lowest BCUT2D eigenvalue weighted by molar-refractivity contribution is -0.140. The van der Waals surface area contributed by atoms with Crippen LogP contribution in [0.15, 0.2) is 60.7 Å². The van der Waals surface area contributed by atoms with Crippen molar-refractivity contribution in [2.45, 2.75) is 37.5 Å². The third-order valence-corrected chi connectivity index (χ3v) is 6.30. The summed E-state index contributed by atoms with van der Waals surface area (Å²) >= 11 is 0. The summed E-state index contributed by atoms with van der Waals surface area (Å²) in [5.74, 6) is -0.0883. The number of nitrogens with zero attached hydrogens (tertiary/aromatic N) is 2. The molecule has 7 nitrogen and oxygen atoms in total. The molecule has 170 valence electrons. The number of anilines is 1. The fraction of sp³-hybridized carbons (Fsp3) is 0.440. The van der Waals surface area contributed by atoms with Crippen molar-refractivity contribution in [2.75, 3.05) is 37.7 Å². The highest BCUT2D eigenvalue weighted by Gasteiger charge is 2.34. The maximum Gasteiger partial charge on any atom is 0.251 e. The van der Waals surface area contributed by atoms with Crippen molar-refractivity contribution in [3.8, 4) is 0 Å². The van der Waals surface area contributed by atoms with Gasteiger partial charge < -0.3 is 25.0 Å². The van der Waals surface area contributed by atoms with E-state index in [1.807, 2.05) is 41.3 Å². The molecule has 2 saturated heterocycles. The molecule has 32 heavy (non-hydrogen) atoms. The van der Waals surface area contributed by atoms with Gasteiger partial charge in [0.05, 0.1) is 25.2 Å². The maximum absolute atomic E-state index is 12.8. The quantitative estimate of drug-likeness (QED) is 0.723. The van der Waals surface area contributed by atoms with Gasteiger partial charge in [-0.3, -0.25) is 9.59 Å². The third-order valence-electron chi connectivity index (χ3n) is 6.30. The highest BCUT2D eigenvalue weighted by molar-refractivity contribution is 5.94. The SMILES string of the molecule is O=C(N[C@@H]1CC[C@H](CC(=O)N2CCN(c3ccccc3)CC2)O[C@H]1CO)c1ccccc1. The number of rotatable bonds is 6. The molecule has 2 heterocycles. The summed E-state index contributed by atoms with van der Waals surface area (Å²) in [6.45, 7) is 2.82. The van der Waals surface area contributed by atoms with Gasteiger partial charge in [0.1, 0.15) is 6.10 Å². The first kappa shape index (κ1) is 22.3. The summed E-state index contributed by atoms with van der Waals surface area (Å²) in [6.07, 6.45) is 0.900. The maximum atomic E-state index is 12.8. The van der Waals surface area contributed by atoms with E-state index in [4.69, 9.17) is 4.74 Å². The normalized spacial score (nSPS) is 23.6.